The lowest BCUT2D eigenvalue weighted by Gasteiger charge is -2.46. The van der Waals surface area contributed by atoms with E-state index in [-0.39, 0.29) is 11.1 Å². The van der Waals surface area contributed by atoms with E-state index in [1.165, 1.54) is 44.9 Å². The zero-order valence-corrected chi connectivity index (χ0v) is 11.1. The molecule has 2 saturated carbocycles. The lowest BCUT2D eigenvalue weighted by atomic mass is 9.76. The smallest absolute Gasteiger partial charge is 0.0698 e. The molecule has 0 aliphatic heterocycles. The summed E-state index contributed by atoms with van der Waals surface area (Å²) in [5, 5.41) is 3.58. The predicted octanol–water partition coefficient (Wildman–Crippen LogP) is 3.26. The molecule has 0 bridgehead atoms. The first-order chi connectivity index (χ1) is 7.49. The predicted molar refractivity (Wildman–Crippen MR) is 67.7 cm³/mol. The molecule has 0 aromatic heterocycles. The van der Waals surface area contributed by atoms with Gasteiger partial charge < -0.3 is 10.1 Å². The van der Waals surface area contributed by atoms with E-state index in [1.807, 2.05) is 0 Å². The van der Waals surface area contributed by atoms with Gasteiger partial charge in [0.25, 0.3) is 0 Å². The van der Waals surface area contributed by atoms with Crippen molar-refractivity contribution < 1.29 is 4.74 Å². The summed E-state index contributed by atoms with van der Waals surface area (Å²) in [6.07, 6.45) is 9.70. The number of nitrogens with one attached hydrogen (secondary N) is 1. The van der Waals surface area contributed by atoms with Crippen LogP contribution in [-0.2, 0) is 4.74 Å². The molecule has 0 saturated heterocycles. The van der Waals surface area contributed by atoms with Crippen LogP contribution >= 0.6 is 0 Å². The number of ether oxygens (including phenoxy) is 1. The fourth-order valence-electron chi connectivity index (χ4n) is 2.51. The normalized spacial score (nSPS) is 24.9. The third kappa shape index (κ3) is 3.21. The van der Waals surface area contributed by atoms with E-state index in [2.05, 4.69) is 26.1 Å². The van der Waals surface area contributed by atoms with Crippen molar-refractivity contribution >= 4 is 0 Å². The Labute approximate surface area is 100 Å². The van der Waals surface area contributed by atoms with Gasteiger partial charge in [-0.15, -0.1) is 0 Å². The zero-order chi connectivity index (χ0) is 11.6. The quantitative estimate of drug-likeness (QED) is 0.775. The maximum absolute atomic E-state index is 6.28. The van der Waals surface area contributed by atoms with Gasteiger partial charge in [-0.3, -0.25) is 0 Å². The Balaban J connectivity index is 1.71. The minimum absolute atomic E-state index is 0.238. The van der Waals surface area contributed by atoms with Gasteiger partial charge in [0.2, 0.25) is 0 Å². The van der Waals surface area contributed by atoms with Gasteiger partial charge in [-0.2, -0.15) is 0 Å². The summed E-state index contributed by atoms with van der Waals surface area (Å²) in [5.74, 6) is 0. The van der Waals surface area contributed by atoms with Crippen molar-refractivity contribution in [2.75, 3.05) is 6.54 Å². The molecule has 1 N–H and O–H groups in total. The summed E-state index contributed by atoms with van der Waals surface area (Å²) < 4.78 is 6.28. The van der Waals surface area contributed by atoms with Crippen LogP contribution < -0.4 is 5.32 Å². The van der Waals surface area contributed by atoms with Crippen molar-refractivity contribution in [3.05, 3.63) is 0 Å². The summed E-state index contributed by atoms with van der Waals surface area (Å²) in [4.78, 5) is 0. The highest BCUT2D eigenvalue weighted by atomic mass is 16.5. The van der Waals surface area contributed by atoms with Gasteiger partial charge in [-0.1, -0.05) is 0 Å². The molecule has 0 amide bonds. The molecule has 0 radical (unpaired) electrons. The molecule has 0 aromatic rings. The Morgan fingerprint density at radius 3 is 2.25 bits per heavy atom. The average Bonchev–Trinajstić information content (AvgIpc) is 2.02. The van der Waals surface area contributed by atoms with Gasteiger partial charge in [0.15, 0.2) is 0 Å². The summed E-state index contributed by atoms with van der Waals surface area (Å²) in [6.45, 7) is 7.78. The van der Waals surface area contributed by atoms with Gasteiger partial charge in [0.05, 0.1) is 11.7 Å². The number of hydrogen-bond acceptors (Lipinski definition) is 2. The van der Waals surface area contributed by atoms with Crippen molar-refractivity contribution in [2.45, 2.75) is 83.0 Å². The SMILES string of the molecule is CC(C)(C)NCCC1(OC2CCC2)CCC1. The molecule has 16 heavy (non-hydrogen) atoms. The minimum atomic E-state index is 0.238. The first kappa shape index (κ1) is 12.4. The molecule has 2 aliphatic rings. The zero-order valence-electron chi connectivity index (χ0n) is 11.1. The Bertz CT molecular complexity index is 223. The van der Waals surface area contributed by atoms with Crippen molar-refractivity contribution in [3.8, 4) is 0 Å². The van der Waals surface area contributed by atoms with Crippen molar-refractivity contribution in [1.29, 1.82) is 0 Å². The molecule has 94 valence electrons. The molecule has 2 fully saturated rings. The van der Waals surface area contributed by atoms with E-state index in [9.17, 15) is 0 Å². The van der Waals surface area contributed by atoms with Crippen LogP contribution in [0.2, 0.25) is 0 Å². The van der Waals surface area contributed by atoms with Gasteiger partial charge in [-0.25, -0.2) is 0 Å². The van der Waals surface area contributed by atoms with Gasteiger partial charge in [0.1, 0.15) is 0 Å². The first-order valence-electron chi connectivity index (χ1n) is 6.92. The fraction of sp³-hybridized carbons (Fsp3) is 1.00. The fourth-order valence-corrected chi connectivity index (χ4v) is 2.51. The first-order valence-corrected chi connectivity index (χ1v) is 6.92. The second-order valence-electron chi connectivity index (χ2n) is 6.63. The molecule has 2 nitrogen and oxygen atoms in total. The molecular formula is C14H27NO. The maximum atomic E-state index is 6.28. The molecule has 0 atom stereocenters. The average molecular weight is 225 g/mol. The molecular weight excluding hydrogens is 198 g/mol. The monoisotopic (exact) mass is 225 g/mol. The third-order valence-corrected chi connectivity index (χ3v) is 3.97. The summed E-state index contributed by atoms with van der Waals surface area (Å²) in [5.41, 5.74) is 0.491. The maximum Gasteiger partial charge on any atom is 0.0698 e. The van der Waals surface area contributed by atoms with E-state index in [4.69, 9.17) is 4.74 Å². The highest BCUT2D eigenvalue weighted by Crippen LogP contribution is 2.42. The van der Waals surface area contributed by atoms with Crippen LogP contribution in [0, 0.1) is 0 Å². The number of rotatable bonds is 5. The van der Waals surface area contributed by atoms with Crippen molar-refractivity contribution in [1.82, 2.24) is 5.32 Å². The lowest BCUT2D eigenvalue weighted by Crippen LogP contribution is -2.48. The molecule has 0 spiro atoms. The highest BCUT2D eigenvalue weighted by Gasteiger charge is 2.40. The van der Waals surface area contributed by atoms with Crippen LogP contribution in [0.4, 0.5) is 0 Å². The van der Waals surface area contributed by atoms with Gasteiger partial charge >= 0.3 is 0 Å². The van der Waals surface area contributed by atoms with Crippen LogP contribution in [0.5, 0.6) is 0 Å². The molecule has 0 unspecified atom stereocenters. The van der Waals surface area contributed by atoms with Crippen molar-refractivity contribution in [3.63, 3.8) is 0 Å². The third-order valence-electron chi connectivity index (χ3n) is 3.97. The standard InChI is InChI=1S/C14H27NO/c1-13(2,3)15-11-10-14(8-5-9-14)16-12-6-4-7-12/h12,15H,4-11H2,1-3H3. The molecule has 0 aromatic carbocycles. The summed E-state index contributed by atoms with van der Waals surface area (Å²) in [6, 6.07) is 0. The van der Waals surface area contributed by atoms with Crippen LogP contribution in [0.3, 0.4) is 0 Å². The van der Waals surface area contributed by atoms with Crippen LogP contribution in [-0.4, -0.2) is 23.8 Å². The second kappa shape index (κ2) is 4.66. The van der Waals surface area contributed by atoms with Crippen LogP contribution in [0.25, 0.3) is 0 Å². The largest absolute Gasteiger partial charge is 0.372 e. The second-order valence-corrected chi connectivity index (χ2v) is 6.63. The Morgan fingerprint density at radius 2 is 1.88 bits per heavy atom. The molecule has 2 heteroatoms. The van der Waals surface area contributed by atoms with Gasteiger partial charge in [0, 0.05) is 5.54 Å². The molecule has 0 heterocycles. The highest BCUT2D eigenvalue weighted by molar-refractivity contribution is 4.93. The molecule has 2 rings (SSSR count). The Kier molecular flexibility index (Phi) is 3.60. The van der Waals surface area contributed by atoms with E-state index >= 15 is 0 Å². The summed E-state index contributed by atoms with van der Waals surface area (Å²) in [7, 11) is 0. The van der Waals surface area contributed by atoms with E-state index in [0.29, 0.717) is 6.10 Å². The Hall–Kier alpha value is -0.0800. The van der Waals surface area contributed by atoms with Crippen LogP contribution in [0.15, 0.2) is 0 Å². The van der Waals surface area contributed by atoms with E-state index in [1.54, 1.807) is 0 Å². The molecule has 2 aliphatic carbocycles. The lowest BCUT2D eigenvalue weighted by molar-refractivity contribution is -0.164. The minimum Gasteiger partial charge on any atom is -0.372 e. The topological polar surface area (TPSA) is 21.3 Å². The van der Waals surface area contributed by atoms with E-state index < -0.39 is 0 Å². The number of hydrogen-bond donors (Lipinski definition) is 1. The van der Waals surface area contributed by atoms with Crippen LogP contribution in [0.1, 0.15) is 65.7 Å². The summed E-state index contributed by atoms with van der Waals surface area (Å²) >= 11 is 0. The Morgan fingerprint density at radius 1 is 1.19 bits per heavy atom. The van der Waals surface area contributed by atoms with E-state index in [0.717, 1.165) is 6.54 Å². The van der Waals surface area contributed by atoms with Gasteiger partial charge in [-0.05, 0) is 72.3 Å². The van der Waals surface area contributed by atoms with Crippen molar-refractivity contribution in [2.24, 2.45) is 0 Å².